The second kappa shape index (κ2) is 8.07. The lowest BCUT2D eigenvalue weighted by molar-refractivity contribution is 0.301. The molecule has 0 aliphatic heterocycles. The summed E-state index contributed by atoms with van der Waals surface area (Å²) < 4.78 is 16.0. The lowest BCUT2D eigenvalue weighted by Crippen LogP contribution is -1.98. The number of ether oxygens (including phenoxy) is 3. The van der Waals surface area contributed by atoms with E-state index < -0.39 is 0 Å². The summed E-state index contributed by atoms with van der Waals surface area (Å²) >= 11 is 5.60. The van der Waals surface area contributed by atoms with Gasteiger partial charge in [0.25, 0.3) is 0 Å². The van der Waals surface area contributed by atoms with Crippen LogP contribution >= 0.6 is 11.6 Å². The van der Waals surface area contributed by atoms with Gasteiger partial charge in [-0.3, -0.25) is 0 Å². The number of unbranched alkanes of at least 4 members (excludes halogenated alkanes) is 2. The molecular formula is C13H19ClO3. The maximum Gasteiger partial charge on any atom is 0.164 e. The highest BCUT2D eigenvalue weighted by molar-refractivity contribution is 6.17. The van der Waals surface area contributed by atoms with Crippen molar-refractivity contribution < 1.29 is 14.2 Å². The van der Waals surface area contributed by atoms with Crippen molar-refractivity contribution in [3.8, 4) is 17.2 Å². The third-order valence-corrected chi connectivity index (χ3v) is 2.67. The topological polar surface area (TPSA) is 27.7 Å². The lowest BCUT2D eigenvalue weighted by Gasteiger charge is -2.10. The van der Waals surface area contributed by atoms with Crippen LogP contribution in [-0.2, 0) is 0 Å². The van der Waals surface area contributed by atoms with Gasteiger partial charge < -0.3 is 14.2 Å². The molecule has 1 rings (SSSR count). The van der Waals surface area contributed by atoms with Crippen LogP contribution in [0.3, 0.4) is 0 Å². The van der Waals surface area contributed by atoms with E-state index in [4.69, 9.17) is 25.8 Å². The number of rotatable bonds is 8. The van der Waals surface area contributed by atoms with Crippen LogP contribution in [0.15, 0.2) is 18.2 Å². The van der Waals surface area contributed by atoms with Crippen LogP contribution in [-0.4, -0.2) is 26.7 Å². The summed E-state index contributed by atoms with van der Waals surface area (Å²) in [5.74, 6) is 2.91. The van der Waals surface area contributed by atoms with E-state index in [9.17, 15) is 0 Å². The Bertz CT molecular complexity index is 328. The SMILES string of the molecule is COc1ccc(OCCCCCCl)cc1OC. The molecule has 0 unspecified atom stereocenters. The first kappa shape index (κ1) is 14.0. The van der Waals surface area contributed by atoms with Crippen LogP contribution in [0.25, 0.3) is 0 Å². The normalized spacial score (nSPS) is 10.1. The van der Waals surface area contributed by atoms with Crippen molar-refractivity contribution in [1.82, 2.24) is 0 Å². The van der Waals surface area contributed by atoms with E-state index >= 15 is 0 Å². The highest BCUT2D eigenvalue weighted by Gasteiger charge is 2.04. The van der Waals surface area contributed by atoms with Gasteiger partial charge >= 0.3 is 0 Å². The average Bonchev–Trinajstić information content (AvgIpc) is 2.38. The molecule has 0 saturated carbocycles. The van der Waals surface area contributed by atoms with E-state index in [1.54, 1.807) is 14.2 Å². The fourth-order valence-electron chi connectivity index (χ4n) is 1.47. The molecule has 0 heterocycles. The first-order chi connectivity index (χ1) is 8.31. The summed E-state index contributed by atoms with van der Waals surface area (Å²) in [5.41, 5.74) is 0. The first-order valence-electron chi connectivity index (χ1n) is 5.72. The Hall–Kier alpha value is -1.09. The maximum absolute atomic E-state index is 5.62. The van der Waals surface area contributed by atoms with Crippen molar-refractivity contribution in [1.29, 1.82) is 0 Å². The van der Waals surface area contributed by atoms with Gasteiger partial charge in [-0.25, -0.2) is 0 Å². The number of alkyl halides is 1. The fraction of sp³-hybridized carbons (Fsp3) is 0.538. The van der Waals surface area contributed by atoms with Gasteiger partial charge in [0.1, 0.15) is 5.75 Å². The van der Waals surface area contributed by atoms with Gasteiger partial charge in [0.05, 0.1) is 20.8 Å². The van der Waals surface area contributed by atoms with Crippen LogP contribution in [0, 0.1) is 0 Å². The summed E-state index contributed by atoms with van der Waals surface area (Å²) in [7, 11) is 3.23. The summed E-state index contributed by atoms with van der Waals surface area (Å²) in [6.07, 6.45) is 3.15. The summed E-state index contributed by atoms with van der Waals surface area (Å²) in [6, 6.07) is 5.55. The standard InChI is InChI=1S/C13H19ClO3/c1-15-12-7-6-11(10-13(12)16-2)17-9-5-3-4-8-14/h6-7,10H,3-5,8-9H2,1-2H3. The Morgan fingerprint density at radius 3 is 2.41 bits per heavy atom. The molecule has 0 amide bonds. The fourth-order valence-corrected chi connectivity index (χ4v) is 1.66. The highest BCUT2D eigenvalue weighted by Crippen LogP contribution is 2.30. The predicted octanol–water partition coefficient (Wildman–Crippen LogP) is 3.49. The molecule has 17 heavy (non-hydrogen) atoms. The third-order valence-electron chi connectivity index (χ3n) is 2.40. The molecule has 0 fully saturated rings. The quantitative estimate of drug-likeness (QED) is 0.528. The second-order valence-electron chi connectivity index (χ2n) is 3.61. The smallest absolute Gasteiger partial charge is 0.164 e. The van der Waals surface area contributed by atoms with Gasteiger partial charge in [0, 0.05) is 11.9 Å². The van der Waals surface area contributed by atoms with Gasteiger partial charge in [-0.15, -0.1) is 11.6 Å². The Morgan fingerprint density at radius 2 is 1.76 bits per heavy atom. The van der Waals surface area contributed by atoms with Gasteiger partial charge in [-0.1, -0.05) is 0 Å². The van der Waals surface area contributed by atoms with Crippen molar-refractivity contribution in [3.05, 3.63) is 18.2 Å². The van der Waals surface area contributed by atoms with Crippen molar-refractivity contribution in [2.24, 2.45) is 0 Å². The minimum absolute atomic E-state index is 0.686. The number of halogens is 1. The Kier molecular flexibility index (Phi) is 6.63. The minimum atomic E-state index is 0.686. The molecule has 0 radical (unpaired) electrons. The van der Waals surface area contributed by atoms with Crippen molar-refractivity contribution in [2.75, 3.05) is 26.7 Å². The lowest BCUT2D eigenvalue weighted by atomic mass is 10.2. The van der Waals surface area contributed by atoms with E-state index in [0.717, 1.165) is 30.9 Å². The number of benzene rings is 1. The first-order valence-corrected chi connectivity index (χ1v) is 6.26. The molecule has 1 aromatic carbocycles. The van der Waals surface area contributed by atoms with E-state index in [-0.39, 0.29) is 0 Å². The molecule has 0 saturated heterocycles. The van der Waals surface area contributed by atoms with Gasteiger partial charge in [-0.2, -0.15) is 0 Å². The minimum Gasteiger partial charge on any atom is -0.493 e. The number of methoxy groups -OCH3 is 2. The molecule has 0 aliphatic carbocycles. The molecule has 4 heteroatoms. The van der Waals surface area contributed by atoms with Gasteiger partial charge in [0.15, 0.2) is 11.5 Å². The van der Waals surface area contributed by atoms with Gasteiger partial charge in [-0.05, 0) is 31.4 Å². The van der Waals surface area contributed by atoms with Crippen molar-refractivity contribution in [2.45, 2.75) is 19.3 Å². The Labute approximate surface area is 108 Å². The molecule has 0 aliphatic rings. The molecule has 0 bridgehead atoms. The van der Waals surface area contributed by atoms with E-state index in [2.05, 4.69) is 0 Å². The van der Waals surface area contributed by atoms with Crippen LogP contribution in [0.1, 0.15) is 19.3 Å². The zero-order valence-electron chi connectivity index (χ0n) is 10.4. The van der Waals surface area contributed by atoms with E-state index in [1.807, 2.05) is 18.2 Å². The molecule has 0 spiro atoms. The van der Waals surface area contributed by atoms with E-state index in [0.29, 0.717) is 18.1 Å². The van der Waals surface area contributed by atoms with E-state index in [1.165, 1.54) is 0 Å². The average molecular weight is 259 g/mol. The monoisotopic (exact) mass is 258 g/mol. The Morgan fingerprint density at radius 1 is 1.00 bits per heavy atom. The number of hydrogen-bond acceptors (Lipinski definition) is 3. The maximum atomic E-state index is 5.62. The molecule has 0 atom stereocenters. The summed E-state index contributed by atoms with van der Waals surface area (Å²) in [6.45, 7) is 0.701. The van der Waals surface area contributed by atoms with Gasteiger partial charge in [0.2, 0.25) is 0 Å². The molecule has 0 N–H and O–H groups in total. The van der Waals surface area contributed by atoms with Crippen LogP contribution in [0.4, 0.5) is 0 Å². The largest absolute Gasteiger partial charge is 0.493 e. The van der Waals surface area contributed by atoms with Crippen LogP contribution in [0.2, 0.25) is 0 Å². The highest BCUT2D eigenvalue weighted by atomic mass is 35.5. The summed E-state index contributed by atoms with van der Waals surface area (Å²) in [5, 5.41) is 0. The molecule has 1 aromatic rings. The zero-order chi connectivity index (χ0) is 12.5. The third kappa shape index (κ3) is 4.73. The summed E-state index contributed by atoms with van der Waals surface area (Å²) in [4.78, 5) is 0. The predicted molar refractivity (Wildman–Crippen MR) is 69.6 cm³/mol. The molecular weight excluding hydrogens is 240 g/mol. The van der Waals surface area contributed by atoms with Crippen LogP contribution in [0.5, 0.6) is 17.2 Å². The van der Waals surface area contributed by atoms with Crippen LogP contribution < -0.4 is 14.2 Å². The molecule has 0 aromatic heterocycles. The number of hydrogen-bond donors (Lipinski definition) is 0. The van der Waals surface area contributed by atoms with Crippen molar-refractivity contribution >= 4 is 11.6 Å². The molecule has 96 valence electrons. The second-order valence-corrected chi connectivity index (χ2v) is 3.99. The van der Waals surface area contributed by atoms with Crippen molar-refractivity contribution in [3.63, 3.8) is 0 Å². The Balaban J connectivity index is 2.43. The zero-order valence-corrected chi connectivity index (χ0v) is 11.1. The molecule has 3 nitrogen and oxygen atoms in total.